The summed E-state index contributed by atoms with van der Waals surface area (Å²) >= 11 is 0. The fourth-order valence-electron chi connectivity index (χ4n) is 6.95. The van der Waals surface area contributed by atoms with Crippen molar-refractivity contribution in [3.63, 3.8) is 0 Å². The molecule has 0 bridgehead atoms. The molecule has 232 valence electrons. The third-order valence-electron chi connectivity index (χ3n) is 8.95. The minimum Gasteiger partial charge on any atom is -0.406 e. The second-order valence-corrected chi connectivity index (χ2v) is 22.7. The van der Waals surface area contributed by atoms with Crippen molar-refractivity contribution in [3.8, 4) is 0 Å². The molecule has 1 heterocycles. The molecule has 0 unspecified atom stereocenters. The molecule has 2 atom stereocenters. The van der Waals surface area contributed by atoms with Crippen molar-refractivity contribution in [1.82, 2.24) is 5.32 Å². The topological polar surface area (TPSA) is 39.7 Å². The van der Waals surface area contributed by atoms with Gasteiger partial charge in [0.1, 0.15) is 0 Å². The van der Waals surface area contributed by atoms with Crippen molar-refractivity contribution in [2.75, 3.05) is 26.4 Å². The lowest BCUT2D eigenvalue weighted by atomic mass is 10.2. The van der Waals surface area contributed by atoms with Gasteiger partial charge in [0.15, 0.2) is 0 Å². The molecule has 0 aromatic heterocycles. The summed E-state index contributed by atoms with van der Waals surface area (Å²) in [4.78, 5) is 0. The van der Waals surface area contributed by atoms with Gasteiger partial charge in [-0.15, -0.1) is 0 Å². The maximum absolute atomic E-state index is 7.26. The Morgan fingerprint density at radius 3 is 1.05 bits per heavy atom. The van der Waals surface area contributed by atoms with Gasteiger partial charge in [0.2, 0.25) is 0 Å². The molecule has 0 aliphatic carbocycles. The van der Waals surface area contributed by atoms with Gasteiger partial charge in [-0.3, -0.25) is 0 Å². The van der Waals surface area contributed by atoms with E-state index in [4.69, 9.17) is 13.6 Å². The van der Waals surface area contributed by atoms with E-state index in [9.17, 15) is 0 Å². The molecule has 4 nitrogen and oxygen atoms in total. The number of hydrogen-bond donors (Lipinski definition) is 1. The van der Waals surface area contributed by atoms with Gasteiger partial charge in [-0.25, -0.2) is 0 Å². The van der Waals surface area contributed by atoms with E-state index in [1.165, 1.54) is 20.7 Å². The van der Waals surface area contributed by atoms with Crippen LogP contribution in [0, 0.1) is 0 Å². The summed E-state index contributed by atoms with van der Waals surface area (Å²) in [6, 6.07) is 43.5. The van der Waals surface area contributed by atoms with Gasteiger partial charge < -0.3 is 18.9 Å². The van der Waals surface area contributed by atoms with Crippen LogP contribution in [0.3, 0.4) is 0 Å². The summed E-state index contributed by atoms with van der Waals surface area (Å²) in [5.41, 5.74) is 0. The monoisotopic (exact) mass is 623 g/mol. The van der Waals surface area contributed by atoms with Gasteiger partial charge in [0.05, 0.1) is 38.5 Å². The zero-order valence-electron chi connectivity index (χ0n) is 27.3. The van der Waals surface area contributed by atoms with E-state index in [0.29, 0.717) is 26.4 Å². The van der Waals surface area contributed by atoms with Crippen LogP contribution in [0.4, 0.5) is 0 Å². The minimum absolute atomic E-state index is 0.0677. The van der Waals surface area contributed by atoms with Crippen molar-refractivity contribution in [1.29, 1.82) is 0 Å². The molecular weight excluding hydrogens is 575 g/mol. The normalized spacial score (nSPS) is 18.2. The van der Waals surface area contributed by atoms with Crippen LogP contribution < -0.4 is 26.1 Å². The standard InChI is InChI=1S/C38H49NO3Si2/c1-37(2,3)43(33-19-11-7-12-20-33,34-21-13-8-14-22-34)41-29-31-27-40-28-32(39-31)30-42-44(38(4,5)6,35-23-15-9-16-24-35)36-25-17-10-18-26-36/h7-26,31-32,39H,27-30H2,1-6H3/t31-,32-/m1/s1. The van der Waals surface area contributed by atoms with Crippen molar-refractivity contribution >= 4 is 37.4 Å². The van der Waals surface area contributed by atoms with Crippen molar-refractivity contribution in [2.24, 2.45) is 0 Å². The number of nitrogens with one attached hydrogen (secondary N) is 1. The molecular formula is C38H49NO3Si2. The molecule has 1 aliphatic heterocycles. The average molecular weight is 624 g/mol. The molecule has 5 rings (SSSR count). The van der Waals surface area contributed by atoms with Crippen LogP contribution in [0.1, 0.15) is 41.5 Å². The van der Waals surface area contributed by atoms with Crippen molar-refractivity contribution < 1.29 is 13.6 Å². The van der Waals surface area contributed by atoms with Gasteiger partial charge in [0.25, 0.3) is 16.6 Å². The molecule has 0 radical (unpaired) electrons. The minimum atomic E-state index is -2.64. The maximum atomic E-state index is 7.26. The molecule has 4 aromatic rings. The highest BCUT2D eigenvalue weighted by Gasteiger charge is 2.52. The van der Waals surface area contributed by atoms with Crippen LogP contribution in [0.25, 0.3) is 0 Å². The van der Waals surface area contributed by atoms with E-state index in [2.05, 4.69) is 168 Å². The van der Waals surface area contributed by atoms with E-state index in [-0.39, 0.29) is 22.2 Å². The Morgan fingerprint density at radius 1 is 0.523 bits per heavy atom. The first kappa shape index (κ1) is 32.5. The summed E-state index contributed by atoms with van der Waals surface area (Å²) in [5, 5.41) is 8.91. The van der Waals surface area contributed by atoms with Crippen LogP contribution in [-0.2, 0) is 13.6 Å². The third kappa shape index (κ3) is 6.57. The van der Waals surface area contributed by atoms with Gasteiger partial charge >= 0.3 is 0 Å². The van der Waals surface area contributed by atoms with Crippen LogP contribution in [0.5, 0.6) is 0 Å². The van der Waals surface area contributed by atoms with Gasteiger partial charge in [-0.2, -0.15) is 0 Å². The summed E-state index contributed by atoms with van der Waals surface area (Å²) in [5.74, 6) is 0. The molecule has 0 spiro atoms. The third-order valence-corrected chi connectivity index (χ3v) is 19.0. The number of ether oxygens (including phenoxy) is 1. The average Bonchev–Trinajstić information content (AvgIpc) is 3.03. The number of morpholine rings is 1. The van der Waals surface area contributed by atoms with E-state index in [1.807, 2.05) is 0 Å². The Balaban J connectivity index is 1.38. The van der Waals surface area contributed by atoms with Crippen molar-refractivity contribution in [3.05, 3.63) is 121 Å². The van der Waals surface area contributed by atoms with E-state index >= 15 is 0 Å². The quantitative estimate of drug-likeness (QED) is 0.237. The molecule has 6 heteroatoms. The fourth-order valence-corrected chi connectivity index (χ4v) is 16.2. The van der Waals surface area contributed by atoms with Crippen LogP contribution >= 0.6 is 0 Å². The first-order valence-corrected chi connectivity index (χ1v) is 19.7. The Kier molecular flexibility index (Phi) is 10.1. The molecule has 44 heavy (non-hydrogen) atoms. The fraction of sp³-hybridized carbons (Fsp3) is 0.368. The van der Waals surface area contributed by atoms with Crippen LogP contribution in [-0.4, -0.2) is 55.1 Å². The van der Waals surface area contributed by atoms with Crippen molar-refractivity contribution in [2.45, 2.75) is 63.7 Å². The SMILES string of the molecule is CC(C)(C)[Si](OC[C@H]1COC[C@H](CO[Si](c2ccccc2)(c2ccccc2)C(C)(C)C)N1)(c1ccccc1)c1ccccc1. The zero-order valence-corrected chi connectivity index (χ0v) is 29.3. The van der Waals surface area contributed by atoms with E-state index in [1.54, 1.807) is 0 Å². The highest BCUT2D eigenvalue weighted by atomic mass is 28.4. The Morgan fingerprint density at radius 2 is 0.795 bits per heavy atom. The second kappa shape index (κ2) is 13.6. The second-order valence-electron chi connectivity index (χ2n) is 14.0. The molecule has 1 saturated heterocycles. The highest BCUT2D eigenvalue weighted by Crippen LogP contribution is 2.38. The molecule has 1 N–H and O–H groups in total. The predicted molar refractivity (Wildman–Crippen MR) is 189 cm³/mol. The van der Waals surface area contributed by atoms with Crippen LogP contribution in [0.2, 0.25) is 10.1 Å². The molecule has 4 aromatic carbocycles. The summed E-state index contributed by atoms with van der Waals surface area (Å²) in [7, 11) is -5.27. The molecule has 1 fully saturated rings. The number of benzene rings is 4. The van der Waals surface area contributed by atoms with Gasteiger partial charge in [0, 0.05) is 0 Å². The summed E-state index contributed by atoms with van der Waals surface area (Å²) in [6.45, 7) is 16.3. The lowest BCUT2D eigenvalue weighted by Crippen LogP contribution is -2.69. The van der Waals surface area contributed by atoms with Gasteiger partial charge in [-0.05, 0) is 30.8 Å². The Hall–Kier alpha value is -2.85. The first-order valence-electron chi connectivity index (χ1n) is 15.9. The van der Waals surface area contributed by atoms with E-state index in [0.717, 1.165) is 0 Å². The number of rotatable bonds is 10. The lowest BCUT2D eigenvalue weighted by molar-refractivity contribution is 0.0154. The zero-order chi connectivity index (χ0) is 31.3. The van der Waals surface area contributed by atoms with E-state index < -0.39 is 16.6 Å². The van der Waals surface area contributed by atoms with Gasteiger partial charge in [-0.1, -0.05) is 163 Å². The lowest BCUT2D eigenvalue weighted by Gasteiger charge is -2.45. The molecule has 1 aliphatic rings. The maximum Gasteiger partial charge on any atom is 0.261 e. The highest BCUT2D eigenvalue weighted by molar-refractivity contribution is 7.00. The first-order chi connectivity index (χ1) is 21.1. The largest absolute Gasteiger partial charge is 0.406 e. The molecule has 0 saturated carbocycles. The van der Waals surface area contributed by atoms with Crippen LogP contribution in [0.15, 0.2) is 121 Å². The molecule has 0 amide bonds. The smallest absolute Gasteiger partial charge is 0.261 e. The Labute approximate surface area is 267 Å². The Bertz CT molecular complexity index is 1250. The predicted octanol–water partition coefficient (Wildman–Crippen LogP) is 5.50. The summed E-state index contributed by atoms with van der Waals surface area (Å²) in [6.07, 6.45) is 0. The number of hydrogen-bond acceptors (Lipinski definition) is 4. The summed E-state index contributed by atoms with van der Waals surface area (Å²) < 4.78 is 20.7.